The van der Waals surface area contributed by atoms with Crippen LogP contribution in [-0.4, -0.2) is 19.6 Å². The molecule has 112 valence electrons. The average molecular weight is 299 g/mol. The second kappa shape index (κ2) is 8.12. The Morgan fingerprint density at radius 2 is 2.15 bits per heavy atom. The van der Waals surface area contributed by atoms with Crippen LogP contribution in [0.2, 0.25) is 5.02 Å². The lowest BCUT2D eigenvalue weighted by Gasteiger charge is -2.17. The lowest BCUT2D eigenvalue weighted by molar-refractivity contribution is -0.117. The second-order valence-electron chi connectivity index (χ2n) is 5.33. The molecule has 0 saturated heterocycles. The Morgan fingerprint density at radius 1 is 1.45 bits per heavy atom. The SMILES string of the molecule is COc1ccc(Cl)cc1NC(=O)CC(CN)CC(C)C. The van der Waals surface area contributed by atoms with Gasteiger partial charge < -0.3 is 15.8 Å². The Hall–Kier alpha value is -1.26. The van der Waals surface area contributed by atoms with E-state index in [4.69, 9.17) is 22.1 Å². The molecular formula is C15H23ClN2O2. The molecule has 0 fully saturated rings. The predicted molar refractivity (Wildman–Crippen MR) is 83.3 cm³/mol. The van der Waals surface area contributed by atoms with Crippen LogP contribution in [0.15, 0.2) is 18.2 Å². The number of nitrogens with two attached hydrogens (primary N) is 1. The van der Waals surface area contributed by atoms with Gasteiger partial charge in [-0.15, -0.1) is 0 Å². The van der Waals surface area contributed by atoms with Gasteiger partial charge >= 0.3 is 0 Å². The van der Waals surface area contributed by atoms with E-state index in [-0.39, 0.29) is 11.8 Å². The standard InChI is InChI=1S/C15H23ClN2O2/c1-10(2)6-11(9-17)7-15(19)18-13-8-12(16)4-5-14(13)20-3/h4-5,8,10-11H,6-7,9,17H2,1-3H3,(H,18,19). The first-order valence-corrected chi connectivity index (χ1v) is 7.17. The van der Waals surface area contributed by atoms with Gasteiger partial charge in [0.15, 0.2) is 0 Å². The van der Waals surface area contributed by atoms with Crippen molar-refractivity contribution in [1.29, 1.82) is 0 Å². The van der Waals surface area contributed by atoms with Crippen LogP contribution < -0.4 is 15.8 Å². The van der Waals surface area contributed by atoms with E-state index < -0.39 is 0 Å². The number of halogens is 1. The van der Waals surface area contributed by atoms with Gasteiger partial charge in [0.2, 0.25) is 5.91 Å². The number of rotatable bonds is 7. The molecule has 4 nitrogen and oxygen atoms in total. The van der Waals surface area contributed by atoms with E-state index in [0.29, 0.717) is 35.3 Å². The van der Waals surface area contributed by atoms with Crippen LogP contribution in [0.5, 0.6) is 5.75 Å². The molecule has 1 aromatic rings. The summed E-state index contributed by atoms with van der Waals surface area (Å²) in [7, 11) is 1.56. The van der Waals surface area contributed by atoms with Gasteiger partial charge in [-0.1, -0.05) is 25.4 Å². The van der Waals surface area contributed by atoms with Crippen molar-refractivity contribution in [2.45, 2.75) is 26.7 Å². The molecule has 0 aliphatic rings. The smallest absolute Gasteiger partial charge is 0.224 e. The van der Waals surface area contributed by atoms with Crippen LogP contribution in [-0.2, 0) is 4.79 Å². The van der Waals surface area contributed by atoms with Crippen LogP contribution in [0, 0.1) is 11.8 Å². The van der Waals surface area contributed by atoms with Gasteiger partial charge in [0, 0.05) is 11.4 Å². The summed E-state index contributed by atoms with van der Waals surface area (Å²) >= 11 is 5.93. The van der Waals surface area contributed by atoms with E-state index in [0.717, 1.165) is 6.42 Å². The molecule has 20 heavy (non-hydrogen) atoms. The lowest BCUT2D eigenvalue weighted by Crippen LogP contribution is -2.23. The molecular weight excluding hydrogens is 276 g/mol. The molecule has 0 heterocycles. The van der Waals surface area contributed by atoms with Crippen LogP contribution >= 0.6 is 11.6 Å². The van der Waals surface area contributed by atoms with E-state index in [1.165, 1.54) is 0 Å². The van der Waals surface area contributed by atoms with E-state index in [1.807, 2.05) is 0 Å². The molecule has 1 rings (SSSR count). The fourth-order valence-corrected chi connectivity index (χ4v) is 2.34. The Labute approximate surface area is 125 Å². The van der Waals surface area contributed by atoms with Gasteiger partial charge in [0.25, 0.3) is 0 Å². The first kappa shape index (κ1) is 16.8. The highest BCUT2D eigenvalue weighted by molar-refractivity contribution is 6.31. The van der Waals surface area contributed by atoms with Crippen LogP contribution in [0.25, 0.3) is 0 Å². The summed E-state index contributed by atoms with van der Waals surface area (Å²) in [5.74, 6) is 1.25. The number of carbonyl (C=O) groups is 1. The molecule has 1 amide bonds. The maximum atomic E-state index is 12.1. The quantitative estimate of drug-likeness (QED) is 0.812. The molecule has 1 aromatic carbocycles. The molecule has 0 aliphatic heterocycles. The molecule has 1 unspecified atom stereocenters. The number of hydrogen-bond donors (Lipinski definition) is 2. The topological polar surface area (TPSA) is 64.3 Å². The minimum absolute atomic E-state index is 0.0679. The van der Waals surface area contributed by atoms with Crippen molar-refractivity contribution >= 4 is 23.2 Å². The molecule has 3 N–H and O–H groups in total. The van der Waals surface area contributed by atoms with E-state index in [1.54, 1.807) is 25.3 Å². The molecule has 1 atom stereocenters. The highest BCUT2D eigenvalue weighted by atomic mass is 35.5. The zero-order valence-corrected chi connectivity index (χ0v) is 13.0. The van der Waals surface area contributed by atoms with Gasteiger partial charge in [0.05, 0.1) is 12.8 Å². The molecule has 0 saturated carbocycles. The largest absolute Gasteiger partial charge is 0.495 e. The average Bonchev–Trinajstić information content (AvgIpc) is 2.37. The number of ether oxygens (including phenoxy) is 1. The molecule has 0 spiro atoms. The normalized spacial score (nSPS) is 12.3. The van der Waals surface area contributed by atoms with Crippen molar-refractivity contribution in [2.24, 2.45) is 17.6 Å². The summed E-state index contributed by atoms with van der Waals surface area (Å²) in [5.41, 5.74) is 6.31. The fraction of sp³-hybridized carbons (Fsp3) is 0.533. The Morgan fingerprint density at radius 3 is 2.70 bits per heavy atom. The minimum Gasteiger partial charge on any atom is -0.495 e. The third-order valence-electron chi connectivity index (χ3n) is 3.05. The van der Waals surface area contributed by atoms with Gasteiger partial charge in [0.1, 0.15) is 5.75 Å². The summed E-state index contributed by atoms with van der Waals surface area (Å²) < 4.78 is 5.20. The molecule has 5 heteroatoms. The number of nitrogens with one attached hydrogen (secondary N) is 1. The van der Waals surface area contributed by atoms with Gasteiger partial charge in [-0.2, -0.15) is 0 Å². The first-order chi connectivity index (χ1) is 9.46. The van der Waals surface area contributed by atoms with Crippen molar-refractivity contribution in [2.75, 3.05) is 19.0 Å². The van der Waals surface area contributed by atoms with Gasteiger partial charge in [-0.25, -0.2) is 0 Å². The Balaban J connectivity index is 2.68. The van der Waals surface area contributed by atoms with Crippen molar-refractivity contribution in [3.63, 3.8) is 0 Å². The Bertz CT molecular complexity index is 449. The highest BCUT2D eigenvalue weighted by Crippen LogP contribution is 2.28. The van der Waals surface area contributed by atoms with Crippen molar-refractivity contribution < 1.29 is 9.53 Å². The van der Waals surface area contributed by atoms with Crippen molar-refractivity contribution in [1.82, 2.24) is 0 Å². The summed E-state index contributed by atoms with van der Waals surface area (Å²) in [6.45, 7) is 4.76. The lowest BCUT2D eigenvalue weighted by atomic mass is 9.94. The third kappa shape index (κ3) is 5.39. The fourth-order valence-electron chi connectivity index (χ4n) is 2.17. The summed E-state index contributed by atoms with van der Waals surface area (Å²) in [6, 6.07) is 5.13. The summed E-state index contributed by atoms with van der Waals surface area (Å²) in [5, 5.41) is 3.39. The van der Waals surface area contributed by atoms with Gasteiger partial charge in [-0.05, 0) is 43.0 Å². The zero-order chi connectivity index (χ0) is 15.1. The molecule has 0 radical (unpaired) electrons. The van der Waals surface area contributed by atoms with Crippen molar-refractivity contribution in [3.05, 3.63) is 23.2 Å². The molecule has 0 aromatic heterocycles. The zero-order valence-electron chi connectivity index (χ0n) is 12.3. The van der Waals surface area contributed by atoms with E-state index >= 15 is 0 Å². The maximum absolute atomic E-state index is 12.1. The minimum atomic E-state index is -0.0679. The monoisotopic (exact) mass is 298 g/mol. The van der Waals surface area contributed by atoms with E-state index in [2.05, 4.69) is 19.2 Å². The number of benzene rings is 1. The number of hydrogen-bond acceptors (Lipinski definition) is 3. The third-order valence-corrected chi connectivity index (χ3v) is 3.28. The summed E-state index contributed by atoms with van der Waals surface area (Å²) in [6.07, 6.45) is 1.35. The van der Waals surface area contributed by atoms with Gasteiger partial charge in [-0.3, -0.25) is 4.79 Å². The predicted octanol–water partition coefficient (Wildman–Crippen LogP) is 3.30. The van der Waals surface area contributed by atoms with Crippen molar-refractivity contribution in [3.8, 4) is 5.75 Å². The number of carbonyl (C=O) groups excluding carboxylic acids is 1. The Kier molecular flexibility index (Phi) is 6.82. The number of methoxy groups -OCH3 is 1. The van der Waals surface area contributed by atoms with Crippen LogP contribution in [0.1, 0.15) is 26.7 Å². The van der Waals surface area contributed by atoms with Crippen LogP contribution in [0.3, 0.4) is 0 Å². The first-order valence-electron chi connectivity index (χ1n) is 6.79. The molecule has 0 aliphatic carbocycles. The maximum Gasteiger partial charge on any atom is 0.224 e. The van der Waals surface area contributed by atoms with Crippen LogP contribution in [0.4, 0.5) is 5.69 Å². The number of anilines is 1. The number of amides is 1. The highest BCUT2D eigenvalue weighted by Gasteiger charge is 2.15. The van der Waals surface area contributed by atoms with E-state index in [9.17, 15) is 4.79 Å². The second-order valence-corrected chi connectivity index (χ2v) is 5.76. The molecule has 0 bridgehead atoms. The summed E-state index contributed by atoms with van der Waals surface area (Å²) in [4.78, 5) is 12.1.